The molecule has 1 rings (SSSR count). The predicted octanol–water partition coefficient (Wildman–Crippen LogP) is 1.84. The highest BCUT2D eigenvalue weighted by Gasteiger charge is 2.03. The maximum Gasteiger partial charge on any atom is 0.218 e. The van der Waals surface area contributed by atoms with Crippen LogP contribution >= 0.6 is 0 Å². The van der Waals surface area contributed by atoms with E-state index in [2.05, 4.69) is 15.3 Å². The molecule has 1 atom stereocenters. The van der Waals surface area contributed by atoms with Crippen molar-refractivity contribution in [1.29, 1.82) is 0 Å². The summed E-state index contributed by atoms with van der Waals surface area (Å²) in [5.74, 6) is 1.28. The van der Waals surface area contributed by atoms with Gasteiger partial charge in [0.05, 0.1) is 12.2 Å². The molecule has 0 aliphatic heterocycles. The van der Waals surface area contributed by atoms with Crippen molar-refractivity contribution in [3.8, 4) is 5.88 Å². The summed E-state index contributed by atoms with van der Waals surface area (Å²) in [5, 5.41) is 12.5. The molecule has 5 heteroatoms. The van der Waals surface area contributed by atoms with Gasteiger partial charge in [0.2, 0.25) is 5.88 Å². The maximum absolute atomic E-state index is 9.41. The number of aromatic nitrogens is 2. The summed E-state index contributed by atoms with van der Waals surface area (Å²) < 4.78 is 5.46. The summed E-state index contributed by atoms with van der Waals surface area (Å²) in [7, 11) is 0. The average Bonchev–Trinajstić information content (AvgIpc) is 2.28. The van der Waals surface area contributed by atoms with Gasteiger partial charge in [-0.3, -0.25) is 0 Å². The molecule has 0 bridgehead atoms. The molecule has 1 heterocycles. The number of aliphatic hydroxyl groups is 1. The Hall–Kier alpha value is -1.36. The first-order chi connectivity index (χ1) is 8.11. The minimum atomic E-state index is -0.254. The second-order valence-electron chi connectivity index (χ2n) is 4.19. The van der Waals surface area contributed by atoms with Crippen molar-refractivity contribution in [3.05, 3.63) is 12.4 Å². The first-order valence-corrected chi connectivity index (χ1v) is 6.02. The van der Waals surface area contributed by atoms with Crippen LogP contribution < -0.4 is 10.1 Å². The van der Waals surface area contributed by atoms with E-state index >= 15 is 0 Å². The van der Waals surface area contributed by atoms with E-state index in [1.807, 2.05) is 20.8 Å². The van der Waals surface area contributed by atoms with Crippen molar-refractivity contribution < 1.29 is 9.84 Å². The van der Waals surface area contributed by atoms with Gasteiger partial charge in [-0.1, -0.05) is 6.92 Å². The number of anilines is 1. The van der Waals surface area contributed by atoms with Crippen LogP contribution in [0, 0.1) is 0 Å². The van der Waals surface area contributed by atoms with Crippen molar-refractivity contribution in [3.63, 3.8) is 0 Å². The van der Waals surface area contributed by atoms with E-state index in [0.717, 1.165) is 12.2 Å². The highest BCUT2D eigenvalue weighted by atomic mass is 16.5. The number of nitrogens with one attached hydrogen (secondary N) is 1. The fourth-order valence-corrected chi connectivity index (χ4v) is 1.31. The Bertz CT molecular complexity index is 331. The van der Waals surface area contributed by atoms with Gasteiger partial charge in [-0.2, -0.15) is 0 Å². The molecule has 5 nitrogen and oxygen atoms in total. The van der Waals surface area contributed by atoms with Gasteiger partial charge in [0.25, 0.3) is 0 Å². The zero-order valence-electron chi connectivity index (χ0n) is 10.7. The molecule has 1 unspecified atom stereocenters. The van der Waals surface area contributed by atoms with Crippen LogP contribution in [0.2, 0.25) is 0 Å². The summed E-state index contributed by atoms with van der Waals surface area (Å²) in [6.45, 7) is 6.55. The third-order valence-corrected chi connectivity index (χ3v) is 2.25. The molecule has 0 fully saturated rings. The largest absolute Gasteiger partial charge is 0.475 e. The molecule has 0 radical (unpaired) electrons. The number of hydrogen-bond donors (Lipinski definition) is 2. The standard InChI is InChI=1S/C12H21N3O2/c1-4-10(16)5-6-13-11-7-12(15-8-14-11)17-9(2)3/h7-10,16H,4-6H2,1-3H3,(H,13,14,15). The Kier molecular flexibility index (Phi) is 5.69. The normalized spacial score (nSPS) is 12.5. The zero-order chi connectivity index (χ0) is 12.7. The Morgan fingerprint density at radius 1 is 1.41 bits per heavy atom. The molecule has 0 spiro atoms. The van der Waals surface area contributed by atoms with Crippen molar-refractivity contribution in [2.24, 2.45) is 0 Å². The number of nitrogens with zero attached hydrogens (tertiary/aromatic N) is 2. The Labute approximate surface area is 102 Å². The van der Waals surface area contributed by atoms with Gasteiger partial charge in [-0.15, -0.1) is 0 Å². The van der Waals surface area contributed by atoms with Crippen LogP contribution in [0.3, 0.4) is 0 Å². The van der Waals surface area contributed by atoms with Crippen LogP contribution in [0.25, 0.3) is 0 Å². The summed E-state index contributed by atoms with van der Waals surface area (Å²) in [6.07, 6.45) is 2.79. The first-order valence-electron chi connectivity index (χ1n) is 6.02. The minimum Gasteiger partial charge on any atom is -0.475 e. The minimum absolute atomic E-state index is 0.0969. The molecule has 1 aromatic rings. The SMILES string of the molecule is CCC(O)CCNc1cc(OC(C)C)ncn1. The number of aliphatic hydroxyl groups excluding tert-OH is 1. The molecular weight excluding hydrogens is 218 g/mol. The van der Waals surface area contributed by atoms with Crippen molar-refractivity contribution in [2.75, 3.05) is 11.9 Å². The molecule has 0 saturated carbocycles. The van der Waals surface area contributed by atoms with Gasteiger partial charge in [-0.05, 0) is 26.7 Å². The van der Waals surface area contributed by atoms with E-state index in [9.17, 15) is 5.11 Å². The Balaban J connectivity index is 2.43. The lowest BCUT2D eigenvalue weighted by atomic mass is 10.2. The molecule has 0 aromatic carbocycles. The second-order valence-corrected chi connectivity index (χ2v) is 4.19. The predicted molar refractivity (Wildman–Crippen MR) is 67.2 cm³/mol. The van der Waals surface area contributed by atoms with Gasteiger partial charge in [0, 0.05) is 12.6 Å². The van der Waals surface area contributed by atoms with E-state index < -0.39 is 0 Å². The summed E-state index contributed by atoms with van der Waals surface area (Å²) in [4.78, 5) is 8.10. The zero-order valence-corrected chi connectivity index (χ0v) is 10.7. The van der Waals surface area contributed by atoms with Crippen molar-refractivity contribution in [2.45, 2.75) is 45.8 Å². The monoisotopic (exact) mass is 239 g/mol. The highest BCUT2D eigenvalue weighted by Crippen LogP contribution is 2.12. The van der Waals surface area contributed by atoms with Crippen LogP contribution in [0.15, 0.2) is 12.4 Å². The van der Waals surface area contributed by atoms with Gasteiger partial charge in [-0.25, -0.2) is 9.97 Å². The van der Waals surface area contributed by atoms with Crippen LogP contribution in [0.5, 0.6) is 5.88 Å². The van der Waals surface area contributed by atoms with Gasteiger partial charge in [0.15, 0.2) is 0 Å². The number of ether oxygens (including phenoxy) is 1. The summed E-state index contributed by atoms with van der Waals surface area (Å²) in [5.41, 5.74) is 0. The summed E-state index contributed by atoms with van der Waals surface area (Å²) >= 11 is 0. The van der Waals surface area contributed by atoms with Gasteiger partial charge >= 0.3 is 0 Å². The molecule has 2 N–H and O–H groups in total. The van der Waals surface area contributed by atoms with E-state index in [1.165, 1.54) is 6.33 Å². The van der Waals surface area contributed by atoms with E-state index in [1.54, 1.807) is 6.07 Å². The molecule has 96 valence electrons. The molecule has 0 saturated heterocycles. The maximum atomic E-state index is 9.41. The quantitative estimate of drug-likeness (QED) is 0.760. The fraction of sp³-hybridized carbons (Fsp3) is 0.667. The lowest BCUT2D eigenvalue weighted by Gasteiger charge is -2.11. The van der Waals surface area contributed by atoms with Crippen molar-refractivity contribution in [1.82, 2.24) is 9.97 Å². The van der Waals surface area contributed by atoms with Gasteiger partial charge in [0.1, 0.15) is 12.1 Å². The van der Waals surface area contributed by atoms with Crippen molar-refractivity contribution >= 4 is 5.82 Å². The average molecular weight is 239 g/mol. The van der Waals surface area contributed by atoms with E-state index in [-0.39, 0.29) is 12.2 Å². The third kappa shape index (κ3) is 5.49. The molecule has 17 heavy (non-hydrogen) atoms. The van der Waals surface area contributed by atoms with Crippen LogP contribution in [-0.4, -0.2) is 33.8 Å². The highest BCUT2D eigenvalue weighted by molar-refractivity contribution is 5.36. The van der Waals surface area contributed by atoms with E-state index in [4.69, 9.17) is 4.74 Å². The number of rotatable bonds is 7. The second kappa shape index (κ2) is 7.06. The lowest BCUT2D eigenvalue weighted by Crippen LogP contribution is -2.13. The third-order valence-electron chi connectivity index (χ3n) is 2.25. The van der Waals surface area contributed by atoms with E-state index in [0.29, 0.717) is 18.8 Å². The molecule has 1 aromatic heterocycles. The number of hydrogen-bond acceptors (Lipinski definition) is 5. The summed E-state index contributed by atoms with van der Waals surface area (Å²) in [6, 6.07) is 1.76. The van der Waals surface area contributed by atoms with Crippen LogP contribution in [0.1, 0.15) is 33.6 Å². The molecule has 0 aliphatic rings. The molecule has 0 aliphatic carbocycles. The van der Waals surface area contributed by atoms with Gasteiger partial charge < -0.3 is 15.2 Å². The van der Waals surface area contributed by atoms with Crippen LogP contribution in [0.4, 0.5) is 5.82 Å². The molecular formula is C12H21N3O2. The Morgan fingerprint density at radius 3 is 2.82 bits per heavy atom. The fourth-order valence-electron chi connectivity index (χ4n) is 1.31. The van der Waals surface area contributed by atoms with Crippen LogP contribution in [-0.2, 0) is 0 Å². The topological polar surface area (TPSA) is 67.3 Å². The Morgan fingerprint density at radius 2 is 2.18 bits per heavy atom. The molecule has 0 amide bonds. The smallest absolute Gasteiger partial charge is 0.218 e. The first kappa shape index (κ1) is 13.7. The lowest BCUT2D eigenvalue weighted by molar-refractivity contribution is 0.164.